The van der Waals surface area contributed by atoms with Crippen molar-refractivity contribution in [2.75, 3.05) is 13.2 Å². The predicted octanol–water partition coefficient (Wildman–Crippen LogP) is 20.6. The molecular formula is C66H127NO5. The highest BCUT2D eigenvalue weighted by Gasteiger charge is 2.18. The lowest BCUT2D eigenvalue weighted by Crippen LogP contribution is -2.45. The fourth-order valence-electron chi connectivity index (χ4n) is 10.2. The number of ether oxygens (including phenoxy) is 1. The first-order chi connectivity index (χ1) is 35.5. The molecule has 0 bridgehead atoms. The molecule has 0 heterocycles. The second-order valence-electron chi connectivity index (χ2n) is 22.5. The zero-order valence-electron chi connectivity index (χ0n) is 48.7. The molecule has 6 nitrogen and oxygen atoms in total. The smallest absolute Gasteiger partial charge is 0.305 e. The summed E-state index contributed by atoms with van der Waals surface area (Å²) in [6.07, 6.45) is 76.6. The summed E-state index contributed by atoms with van der Waals surface area (Å²) in [4.78, 5) is 24.5. The van der Waals surface area contributed by atoms with Crippen LogP contribution in [0.5, 0.6) is 0 Å². The Morgan fingerprint density at radius 3 is 1.00 bits per heavy atom. The molecule has 0 aromatic heterocycles. The first-order valence-electron chi connectivity index (χ1n) is 32.6. The van der Waals surface area contributed by atoms with Gasteiger partial charge in [0.2, 0.25) is 5.91 Å². The summed E-state index contributed by atoms with van der Waals surface area (Å²) in [6.45, 7) is 4.91. The van der Waals surface area contributed by atoms with E-state index in [1.54, 1.807) is 6.08 Å². The molecule has 0 saturated carbocycles. The van der Waals surface area contributed by atoms with Crippen LogP contribution < -0.4 is 5.32 Å². The van der Waals surface area contributed by atoms with Gasteiger partial charge in [-0.3, -0.25) is 9.59 Å². The molecule has 0 aromatic carbocycles. The Hall–Kier alpha value is -1.66. The summed E-state index contributed by atoms with van der Waals surface area (Å²) >= 11 is 0. The minimum absolute atomic E-state index is 0.00511. The second kappa shape index (κ2) is 61.9. The maximum Gasteiger partial charge on any atom is 0.305 e. The van der Waals surface area contributed by atoms with E-state index < -0.39 is 12.1 Å². The summed E-state index contributed by atoms with van der Waals surface area (Å²) in [7, 11) is 0. The number of unbranched alkanes of at least 4 members (excludes halogenated alkanes) is 48. The molecule has 0 spiro atoms. The lowest BCUT2D eigenvalue weighted by molar-refractivity contribution is -0.143. The van der Waals surface area contributed by atoms with Crippen molar-refractivity contribution < 1.29 is 24.5 Å². The molecule has 0 aliphatic carbocycles. The predicted molar refractivity (Wildman–Crippen MR) is 315 cm³/mol. The molecule has 2 unspecified atom stereocenters. The monoisotopic (exact) mass is 1010 g/mol. The summed E-state index contributed by atoms with van der Waals surface area (Å²) in [5, 5.41) is 23.2. The number of nitrogens with one attached hydrogen (secondary N) is 1. The van der Waals surface area contributed by atoms with Crippen LogP contribution in [0.15, 0.2) is 24.3 Å². The number of carbonyl (C=O) groups is 2. The van der Waals surface area contributed by atoms with E-state index in [1.165, 1.54) is 289 Å². The highest BCUT2D eigenvalue weighted by Crippen LogP contribution is 2.18. The van der Waals surface area contributed by atoms with Crippen molar-refractivity contribution in [2.45, 2.75) is 373 Å². The Kier molecular flexibility index (Phi) is 60.5. The molecule has 6 heteroatoms. The number of allylic oxidation sites excluding steroid dienone is 3. The van der Waals surface area contributed by atoms with Gasteiger partial charge in [-0.1, -0.05) is 314 Å². The van der Waals surface area contributed by atoms with Crippen LogP contribution in [0.2, 0.25) is 0 Å². The number of hydrogen-bond donors (Lipinski definition) is 3. The van der Waals surface area contributed by atoms with E-state index >= 15 is 0 Å². The minimum Gasteiger partial charge on any atom is -0.466 e. The van der Waals surface area contributed by atoms with E-state index in [0.29, 0.717) is 19.4 Å². The van der Waals surface area contributed by atoms with Crippen LogP contribution in [-0.2, 0) is 14.3 Å². The van der Waals surface area contributed by atoms with Crippen molar-refractivity contribution in [2.24, 2.45) is 0 Å². The number of aliphatic hydroxyl groups excluding tert-OH is 2. The minimum atomic E-state index is -0.844. The van der Waals surface area contributed by atoms with Crippen LogP contribution >= 0.6 is 0 Å². The highest BCUT2D eigenvalue weighted by atomic mass is 16.5. The quantitative estimate of drug-likeness (QED) is 0.0320. The van der Waals surface area contributed by atoms with Gasteiger partial charge in [-0.2, -0.15) is 0 Å². The van der Waals surface area contributed by atoms with Gasteiger partial charge in [0.25, 0.3) is 0 Å². The Bertz CT molecular complexity index is 1120. The van der Waals surface area contributed by atoms with Crippen LogP contribution in [0.1, 0.15) is 361 Å². The number of esters is 1. The summed E-state index contributed by atoms with van der Waals surface area (Å²) in [6, 6.07) is -0.628. The van der Waals surface area contributed by atoms with E-state index in [4.69, 9.17) is 4.74 Å². The average molecular weight is 1010 g/mol. The van der Waals surface area contributed by atoms with Gasteiger partial charge in [0.1, 0.15) is 0 Å². The first-order valence-corrected chi connectivity index (χ1v) is 32.6. The summed E-state index contributed by atoms with van der Waals surface area (Å²) in [5.74, 6) is -0.0593. The molecule has 0 radical (unpaired) electrons. The Morgan fingerprint density at radius 1 is 0.375 bits per heavy atom. The van der Waals surface area contributed by atoms with Crippen molar-refractivity contribution in [1.29, 1.82) is 0 Å². The Balaban J connectivity index is 3.40. The molecule has 0 fully saturated rings. The molecule has 0 aromatic rings. The molecule has 3 N–H and O–H groups in total. The van der Waals surface area contributed by atoms with Crippen LogP contribution in [0.4, 0.5) is 0 Å². The van der Waals surface area contributed by atoms with Crippen molar-refractivity contribution in [1.82, 2.24) is 5.32 Å². The Morgan fingerprint density at radius 2 is 0.653 bits per heavy atom. The highest BCUT2D eigenvalue weighted by molar-refractivity contribution is 5.76. The van der Waals surface area contributed by atoms with Crippen molar-refractivity contribution in [3.63, 3.8) is 0 Å². The van der Waals surface area contributed by atoms with E-state index in [-0.39, 0.29) is 18.5 Å². The van der Waals surface area contributed by atoms with Crippen LogP contribution in [0.25, 0.3) is 0 Å². The van der Waals surface area contributed by atoms with Gasteiger partial charge < -0.3 is 20.3 Å². The normalized spacial score (nSPS) is 12.7. The third kappa shape index (κ3) is 57.6. The van der Waals surface area contributed by atoms with E-state index in [9.17, 15) is 19.8 Å². The van der Waals surface area contributed by atoms with E-state index in [0.717, 1.165) is 44.9 Å². The van der Waals surface area contributed by atoms with Gasteiger partial charge in [0.15, 0.2) is 0 Å². The van der Waals surface area contributed by atoms with Crippen molar-refractivity contribution in [3.05, 3.63) is 24.3 Å². The largest absolute Gasteiger partial charge is 0.466 e. The Labute approximate surface area is 450 Å². The maximum absolute atomic E-state index is 12.5. The lowest BCUT2D eigenvalue weighted by Gasteiger charge is -2.20. The van der Waals surface area contributed by atoms with Gasteiger partial charge in [-0.25, -0.2) is 0 Å². The number of aliphatic hydroxyl groups is 2. The lowest BCUT2D eigenvalue weighted by atomic mass is 10.0. The molecular weight excluding hydrogens is 887 g/mol. The molecule has 0 aliphatic heterocycles. The van der Waals surface area contributed by atoms with Gasteiger partial charge in [-0.05, 0) is 57.8 Å². The van der Waals surface area contributed by atoms with Crippen LogP contribution in [0, 0.1) is 0 Å². The maximum atomic E-state index is 12.5. The van der Waals surface area contributed by atoms with Crippen molar-refractivity contribution in [3.8, 4) is 0 Å². The molecule has 2 atom stereocenters. The van der Waals surface area contributed by atoms with Crippen LogP contribution in [0.3, 0.4) is 0 Å². The molecule has 72 heavy (non-hydrogen) atoms. The fourth-order valence-corrected chi connectivity index (χ4v) is 10.2. The number of rotatable bonds is 61. The van der Waals surface area contributed by atoms with E-state index in [2.05, 4.69) is 31.3 Å². The van der Waals surface area contributed by atoms with Gasteiger partial charge >= 0.3 is 5.97 Å². The molecule has 0 saturated heterocycles. The molecule has 1 amide bonds. The van der Waals surface area contributed by atoms with Gasteiger partial charge in [-0.15, -0.1) is 0 Å². The number of hydrogen-bond acceptors (Lipinski definition) is 5. The number of carbonyl (C=O) groups excluding carboxylic acids is 2. The third-order valence-electron chi connectivity index (χ3n) is 15.2. The summed E-state index contributed by atoms with van der Waals surface area (Å²) < 4.78 is 5.48. The third-order valence-corrected chi connectivity index (χ3v) is 15.2. The molecule has 426 valence electrons. The molecule has 0 rings (SSSR count). The zero-order valence-corrected chi connectivity index (χ0v) is 48.7. The van der Waals surface area contributed by atoms with Crippen LogP contribution in [-0.4, -0.2) is 47.4 Å². The SMILES string of the molecule is CCCCCC/C=C\CCCCCCCC(=O)OCCCCCCCCCCCCCCCCCCCCCCCCCC(=O)NC(CO)C(O)/C=C/CCCCCCCCCCCCCCCCCCC. The standard InChI is InChI=1S/C66H127NO5/c1-3-5-7-9-11-13-15-17-18-19-25-28-31-35-38-42-46-50-54-58-64(69)63(62-68)67-65(70)59-55-51-47-43-39-36-32-29-26-23-21-20-22-24-27-30-33-37-41-45-49-53-57-61-72-66(71)60-56-52-48-44-40-34-16-14-12-10-8-6-4-2/h14,16,54,58,63-64,68-69H,3-13,15,17-53,55-57,59-62H2,1-2H3,(H,67,70)/b16-14-,58-54+. The van der Waals surface area contributed by atoms with Crippen molar-refractivity contribution >= 4 is 11.9 Å². The second-order valence-corrected chi connectivity index (χ2v) is 22.5. The topological polar surface area (TPSA) is 95.9 Å². The average Bonchev–Trinajstić information content (AvgIpc) is 3.38. The van der Waals surface area contributed by atoms with Gasteiger partial charge in [0, 0.05) is 12.8 Å². The zero-order chi connectivity index (χ0) is 52.2. The van der Waals surface area contributed by atoms with E-state index in [1.807, 2.05) is 6.08 Å². The summed E-state index contributed by atoms with van der Waals surface area (Å²) in [5.41, 5.74) is 0. The first kappa shape index (κ1) is 70.3. The molecule has 0 aliphatic rings. The number of amides is 1. The van der Waals surface area contributed by atoms with Gasteiger partial charge in [0.05, 0.1) is 25.4 Å². The fraction of sp³-hybridized carbons (Fsp3) is 0.909.